The van der Waals surface area contributed by atoms with Crippen molar-refractivity contribution in [3.63, 3.8) is 0 Å². The van der Waals surface area contributed by atoms with Crippen LogP contribution in [0.3, 0.4) is 0 Å². The van der Waals surface area contributed by atoms with Crippen molar-refractivity contribution in [2.24, 2.45) is 0 Å². The molecule has 9 heteroatoms. The Balaban J connectivity index is 1.56. The number of nitrogens with zero attached hydrogens (tertiary/aromatic N) is 4. The molecule has 3 heterocycles. The molecule has 2 aliphatic heterocycles. The van der Waals surface area contributed by atoms with Crippen LogP contribution in [-0.2, 0) is 28.7 Å². The summed E-state index contributed by atoms with van der Waals surface area (Å²) in [6, 6.07) is 0. The van der Waals surface area contributed by atoms with Crippen LogP contribution in [0.2, 0.25) is 0 Å². The molecule has 0 saturated carbocycles. The fourth-order valence-electron chi connectivity index (χ4n) is 2.60. The van der Waals surface area contributed by atoms with Gasteiger partial charge in [0.15, 0.2) is 6.29 Å². The number of hydrogen-bond acceptors (Lipinski definition) is 5. The fourth-order valence-corrected chi connectivity index (χ4v) is 2.60. The van der Waals surface area contributed by atoms with Gasteiger partial charge in [-0.3, -0.25) is 4.90 Å². The molecule has 0 radical (unpaired) electrons. The van der Waals surface area contributed by atoms with E-state index in [0.717, 1.165) is 11.0 Å². The van der Waals surface area contributed by atoms with Crippen LogP contribution in [0.25, 0.3) is 0 Å². The molecule has 3 rings (SSSR count). The zero-order valence-electron chi connectivity index (χ0n) is 11.5. The lowest BCUT2D eigenvalue weighted by Gasteiger charge is -2.30. The van der Waals surface area contributed by atoms with Crippen LogP contribution in [0, 0.1) is 0 Å². The first-order chi connectivity index (χ1) is 10.0. The molecule has 1 saturated heterocycles. The van der Waals surface area contributed by atoms with E-state index in [9.17, 15) is 13.2 Å². The molecule has 0 amide bonds. The van der Waals surface area contributed by atoms with Crippen LogP contribution in [0.15, 0.2) is 0 Å². The number of alkyl halides is 3. The number of rotatable bonds is 3. The van der Waals surface area contributed by atoms with Gasteiger partial charge in [-0.2, -0.15) is 13.2 Å². The van der Waals surface area contributed by atoms with E-state index in [1.165, 1.54) is 0 Å². The minimum Gasteiger partial charge on any atom is -0.353 e. The quantitative estimate of drug-likeness (QED) is 0.841. The maximum atomic E-state index is 12.7. The fraction of sp³-hybridized carbons (Fsp3) is 0.833. The predicted octanol–water partition coefficient (Wildman–Crippen LogP) is 1.27. The smallest absolute Gasteiger partial charge is 0.353 e. The third kappa shape index (κ3) is 3.35. The van der Waals surface area contributed by atoms with Crippen LogP contribution < -0.4 is 0 Å². The number of aromatic nitrogens is 3. The molecule has 1 aromatic heterocycles. The zero-order valence-corrected chi connectivity index (χ0v) is 11.5. The maximum absolute atomic E-state index is 12.7. The first kappa shape index (κ1) is 14.7. The Bertz CT molecular complexity index is 485. The standard InChI is InChI=1S/C12H17F3N4O2/c13-12(14,15)11-17-16-9-8-18(4-5-19(9)11)3-2-10-20-6-1-7-21-10/h10H,1-8H2. The van der Waals surface area contributed by atoms with Gasteiger partial charge in [0.05, 0.1) is 19.8 Å². The van der Waals surface area contributed by atoms with Gasteiger partial charge in [-0.25, -0.2) is 0 Å². The Morgan fingerprint density at radius 1 is 1.14 bits per heavy atom. The zero-order chi connectivity index (χ0) is 14.9. The third-order valence-electron chi connectivity index (χ3n) is 3.66. The Hall–Kier alpha value is -1.19. The lowest BCUT2D eigenvalue weighted by molar-refractivity contribution is -0.183. The Labute approximate surface area is 119 Å². The summed E-state index contributed by atoms with van der Waals surface area (Å²) in [5.74, 6) is -0.546. The first-order valence-corrected chi connectivity index (χ1v) is 6.99. The molecular weight excluding hydrogens is 289 g/mol. The van der Waals surface area contributed by atoms with Crippen molar-refractivity contribution in [1.82, 2.24) is 19.7 Å². The highest BCUT2D eigenvalue weighted by Gasteiger charge is 2.39. The van der Waals surface area contributed by atoms with Gasteiger partial charge in [-0.15, -0.1) is 10.2 Å². The highest BCUT2D eigenvalue weighted by Crippen LogP contribution is 2.29. The van der Waals surface area contributed by atoms with Crippen LogP contribution in [0.5, 0.6) is 0 Å². The van der Waals surface area contributed by atoms with Gasteiger partial charge in [0.1, 0.15) is 5.82 Å². The summed E-state index contributed by atoms with van der Waals surface area (Å²) in [5, 5.41) is 6.92. The van der Waals surface area contributed by atoms with Crippen molar-refractivity contribution in [3.8, 4) is 0 Å². The Morgan fingerprint density at radius 2 is 1.90 bits per heavy atom. The van der Waals surface area contributed by atoms with E-state index < -0.39 is 12.0 Å². The van der Waals surface area contributed by atoms with Crippen LogP contribution in [-0.4, -0.2) is 52.3 Å². The van der Waals surface area contributed by atoms with Crippen LogP contribution in [0.1, 0.15) is 24.5 Å². The van der Waals surface area contributed by atoms with E-state index in [0.29, 0.717) is 45.1 Å². The Kier molecular flexibility index (Phi) is 4.14. The van der Waals surface area contributed by atoms with Crippen molar-refractivity contribution in [1.29, 1.82) is 0 Å². The maximum Gasteiger partial charge on any atom is 0.451 e. The average molecular weight is 306 g/mol. The lowest BCUT2D eigenvalue weighted by atomic mass is 10.3. The number of ether oxygens (including phenoxy) is 2. The van der Waals surface area contributed by atoms with Crippen molar-refractivity contribution < 1.29 is 22.6 Å². The van der Waals surface area contributed by atoms with Gasteiger partial charge in [0.25, 0.3) is 0 Å². The number of halogens is 3. The SMILES string of the molecule is FC(F)(F)c1nnc2n1CCN(CCC1OCCCO1)C2. The van der Waals surface area contributed by atoms with Crippen LogP contribution >= 0.6 is 0 Å². The van der Waals surface area contributed by atoms with Gasteiger partial charge in [-0.05, 0) is 6.42 Å². The molecule has 0 aromatic carbocycles. The van der Waals surface area contributed by atoms with Crippen molar-refractivity contribution in [3.05, 3.63) is 11.6 Å². The minimum atomic E-state index is -4.45. The van der Waals surface area contributed by atoms with Gasteiger partial charge in [-0.1, -0.05) is 0 Å². The average Bonchev–Trinajstić information content (AvgIpc) is 2.89. The van der Waals surface area contributed by atoms with E-state index in [1.807, 2.05) is 4.90 Å². The topological polar surface area (TPSA) is 52.4 Å². The lowest BCUT2D eigenvalue weighted by Crippen LogP contribution is -2.38. The highest BCUT2D eigenvalue weighted by atomic mass is 19.4. The first-order valence-electron chi connectivity index (χ1n) is 6.99. The summed E-state index contributed by atoms with van der Waals surface area (Å²) >= 11 is 0. The van der Waals surface area contributed by atoms with E-state index >= 15 is 0 Å². The molecule has 0 unspecified atom stereocenters. The van der Waals surface area contributed by atoms with Gasteiger partial charge in [0, 0.05) is 26.1 Å². The molecule has 0 aliphatic carbocycles. The predicted molar refractivity (Wildman–Crippen MR) is 65.2 cm³/mol. The van der Waals surface area contributed by atoms with Gasteiger partial charge >= 0.3 is 6.18 Å². The van der Waals surface area contributed by atoms with E-state index in [1.54, 1.807) is 0 Å². The van der Waals surface area contributed by atoms with Crippen LogP contribution in [0.4, 0.5) is 13.2 Å². The number of fused-ring (bicyclic) bond motifs is 1. The summed E-state index contributed by atoms with van der Waals surface area (Å²) in [6.45, 7) is 3.28. The molecule has 6 nitrogen and oxygen atoms in total. The van der Waals surface area contributed by atoms with E-state index in [4.69, 9.17) is 9.47 Å². The van der Waals surface area contributed by atoms with Crippen molar-refractivity contribution in [2.75, 3.05) is 26.3 Å². The van der Waals surface area contributed by atoms with Gasteiger partial charge in [0.2, 0.25) is 5.82 Å². The molecule has 0 atom stereocenters. The second-order valence-electron chi connectivity index (χ2n) is 5.18. The molecular formula is C12H17F3N4O2. The summed E-state index contributed by atoms with van der Waals surface area (Å²) < 4.78 is 50.3. The molecule has 118 valence electrons. The molecule has 21 heavy (non-hydrogen) atoms. The van der Waals surface area contributed by atoms with E-state index in [-0.39, 0.29) is 12.8 Å². The van der Waals surface area contributed by atoms with Crippen molar-refractivity contribution in [2.45, 2.75) is 38.4 Å². The highest BCUT2D eigenvalue weighted by molar-refractivity contribution is 5.02. The number of hydrogen-bond donors (Lipinski definition) is 0. The largest absolute Gasteiger partial charge is 0.451 e. The van der Waals surface area contributed by atoms with Crippen molar-refractivity contribution >= 4 is 0 Å². The summed E-state index contributed by atoms with van der Waals surface area (Å²) in [6.07, 6.45) is -3.04. The normalized spacial score (nSPS) is 21.5. The molecule has 1 fully saturated rings. The molecule has 0 bridgehead atoms. The van der Waals surface area contributed by atoms with E-state index in [2.05, 4.69) is 10.2 Å². The molecule has 0 N–H and O–H groups in total. The monoisotopic (exact) mass is 306 g/mol. The summed E-state index contributed by atoms with van der Waals surface area (Å²) in [4.78, 5) is 2.05. The summed E-state index contributed by atoms with van der Waals surface area (Å²) in [5.41, 5.74) is 0. The van der Waals surface area contributed by atoms with Gasteiger partial charge < -0.3 is 14.0 Å². The molecule has 0 spiro atoms. The minimum absolute atomic E-state index is 0.204. The molecule has 2 aliphatic rings. The third-order valence-corrected chi connectivity index (χ3v) is 3.66. The summed E-state index contributed by atoms with van der Waals surface area (Å²) in [7, 11) is 0. The molecule has 1 aromatic rings. The second kappa shape index (κ2) is 5.90. The Morgan fingerprint density at radius 3 is 2.62 bits per heavy atom. The second-order valence-corrected chi connectivity index (χ2v) is 5.18.